The number of nitrogens with zero attached hydrogens (tertiary/aromatic N) is 2. The van der Waals surface area contributed by atoms with Crippen molar-refractivity contribution in [3.8, 4) is 5.75 Å². The molecule has 0 saturated heterocycles. The highest BCUT2D eigenvalue weighted by Crippen LogP contribution is 2.49. The lowest BCUT2D eigenvalue weighted by Gasteiger charge is -2.33. The van der Waals surface area contributed by atoms with Crippen LogP contribution in [0.2, 0.25) is 0 Å². The highest BCUT2D eigenvalue weighted by molar-refractivity contribution is 6.01. The normalized spacial score (nSPS) is 30.7. The second-order valence-corrected chi connectivity index (χ2v) is 8.59. The first kappa shape index (κ1) is 18.3. The zero-order valence-electron chi connectivity index (χ0n) is 16.8. The number of urea groups is 1. The van der Waals surface area contributed by atoms with Crippen LogP contribution in [0, 0.1) is 11.8 Å². The van der Waals surface area contributed by atoms with Gasteiger partial charge in [0.15, 0.2) is 0 Å². The van der Waals surface area contributed by atoms with Crippen molar-refractivity contribution < 1.29 is 14.3 Å². The first-order valence-electron chi connectivity index (χ1n) is 10.5. The maximum Gasteiger partial charge on any atom is 0.322 e. The average Bonchev–Trinajstić information content (AvgIpc) is 3.44. The predicted molar refractivity (Wildman–Crippen MR) is 109 cm³/mol. The first-order valence-corrected chi connectivity index (χ1v) is 10.5. The van der Waals surface area contributed by atoms with Crippen LogP contribution in [-0.4, -0.2) is 48.0 Å². The summed E-state index contributed by atoms with van der Waals surface area (Å²) in [6.07, 6.45) is 6.57. The molecular formula is C23H27N3O3. The van der Waals surface area contributed by atoms with Crippen molar-refractivity contribution in [1.82, 2.24) is 15.1 Å². The minimum atomic E-state index is -0.454. The SMILES string of the molecule is C=CCN1C(=O)NC(c2cccc(OC)c2)C2=C1CN(C1CC3CCC1C3)C2=O. The van der Waals surface area contributed by atoms with Crippen LogP contribution < -0.4 is 10.1 Å². The van der Waals surface area contributed by atoms with Crippen molar-refractivity contribution in [2.75, 3.05) is 20.2 Å². The van der Waals surface area contributed by atoms with Gasteiger partial charge in [-0.3, -0.25) is 9.69 Å². The zero-order chi connectivity index (χ0) is 20.1. The summed E-state index contributed by atoms with van der Waals surface area (Å²) in [7, 11) is 1.62. The van der Waals surface area contributed by atoms with E-state index in [1.807, 2.05) is 29.2 Å². The Labute approximate surface area is 171 Å². The van der Waals surface area contributed by atoms with Gasteiger partial charge in [-0.2, -0.15) is 0 Å². The molecule has 6 nitrogen and oxygen atoms in total. The van der Waals surface area contributed by atoms with Gasteiger partial charge in [0, 0.05) is 12.6 Å². The Morgan fingerprint density at radius 2 is 2.14 bits per heavy atom. The molecule has 1 aromatic rings. The van der Waals surface area contributed by atoms with Crippen molar-refractivity contribution >= 4 is 11.9 Å². The number of nitrogens with one attached hydrogen (secondary N) is 1. The summed E-state index contributed by atoms with van der Waals surface area (Å²) >= 11 is 0. The second-order valence-electron chi connectivity index (χ2n) is 8.59. The number of methoxy groups -OCH3 is 1. The molecule has 2 heterocycles. The van der Waals surface area contributed by atoms with E-state index in [0.29, 0.717) is 36.4 Å². The lowest BCUT2D eigenvalue weighted by molar-refractivity contribution is -0.128. The first-order chi connectivity index (χ1) is 14.1. The number of carbonyl (C=O) groups excluding carboxylic acids is 2. The molecular weight excluding hydrogens is 366 g/mol. The summed E-state index contributed by atoms with van der Waals surface area (Å²) in [6, 6.07) is 7.26. The molecule has 2 saturated carbocycles. The molecule has 5 rings (SSSR count). The zero-order valence-corrected chi connectivity index (χ0v) is 16.8. The van der Waals surface area contributed by atoms with Crippen LogP contribution in [-0.2, 0) is 4.79 Å². The Bertz CT molecular complexity index is 908. The molecule has 1 aromatic carbocycles. The number of benzene rings is 1. The van der Waals surface area contributed by atoms with Crippen LogP contribution in [0.1, 0.15) is 37.3 Å². The minimum absolute atomic E-state index is 0.0689. The number of fused-ring (bicyclic) bond motifs is 2. The monoisotopic (exact) mass is 393 g/mol. The van der Waals surface area contributed by atoms with Crippen LogP contribution in [0.4, 0.5) is 4.79 Å². The van der Waals surface area contributed by atoms with E-state index in [4.69, 9.17) is 4.74 Å². The van der Waals surface area contributed by atoms with E-state index in [9.17, 15) is 9.59 Å². The van der Waals surface area contributed by atoms with Crippen LogP contribution in [0.25, 0.3) is 0 Å². The summed E-state index contributed by atoms with van der Waals surface area (Å²) in [5, 5.41) is 3.04. The van der Waals surface area contributed by atoms with Gasteiger partial charge in [0.05, 0.1) is 31.0 Å². The number of carbonyl (C=O) groups is 2. The van der Waals surface area contributed by atoms with Crippen molar-refractivity contribution in [2.45, 2.75) is 37.8 Å². The molecule has 4 unspecified atom stereocenters. The number of rotatable bonds is 5. The fourth-order valence-corrected chi connectivity index (χ4v) is 5.77. The van der Waals surface area contributed by atoms with E-state index >= 15 is 0 Å². The van der Waals surface area contributed by atoms with Gasteiger partial charge in [-0.1, -0.05) is 24.6 Å². The maximum atomic E-state index is 13.6. The van der Waals surface area contributed by atoms with E-state index in [0.717, 1.165) is 23.6 Å². The number of ether oxygens (including phenoxy) is 1. The molecule has 6 heteroatoms. The lowest BCUT2D eigenvalue weighted by Crippen LogP contribution is -2.47. The molecule has 152 valence electrons. The summed E-state index contributed by atoms with van der Waals surface area (Å²) in [5.41, 5.74) is 2.39. The van der Waals surface area contributed by atoms with Gasteiger partial charge in [0.25, 0.3) is 5.91 Å². The van der Waals surface area contributed by atoms with Gasteiger partial charge in [0.1, 0.15) is 5.75 Å². The number of hydrogen-bond donors (Lipinski definition) is 1. The second kappa shape index (κ2) is 6.94. The quantitative estimate of drug-likeness (QED) is 0.782. The number of hydrogen-bond acceptors (Lipinski definition) is 3. The van der Waals surface area contributed by atoms with Gasteiger partial charge in [-0.15, -0.1) is 6.58 Å². The smallest absolute Gasteiger partial charge is 0.322 e. The van der Waals surface area contributed by atoms with E-state index < -0.39 is 6.04 Å². The highest BCUT2D eigenvalue weighted by Gasteiger charge is 2.50. The molecule has 4 atom stereocenters. The average molecular weight is 393 g/mol. The predicted octanol–water partition coefficient (Wildman–Crippen LogP) is 3.23. The molecule has 0 aromatic heterocycles. The maximum absolute atomic E-state index is 13.6. The molecule has 3 amide bonds. The number of amides is 3. The molecule has 0 radical (unpaired) electrons. The van der Waals surface area contributed by atoms with Crippen molar-refractivity contribution in [3.05, 3.63) is 53.8 Å². The third-order valence-corrected chi connectivity index (χ3v) is 7.09. The topological polar surface area (TPSA) is 61.9 Å². The molecule has 0 spiro atoms. The third kappa shape index (κ3) is 2.84. The third-order valence-electron chi connectivity index (χ3n) is 7.09. The molecule has 2 bridgehead atoms. The molecule has 2 aliphatic carbocycles. The fourth-order valence-electron chi connectivity index (χ4n) is 5.77. The Morgan fingerprint density at radius 3 is 2.83 bits per heavy atom. The Balaban J connectivity index is 1.53. The Morgan fingerprint density at radius 1 is 1.28 bits per heavy atom. The molecule has 1 N–H and O–H groups in total. The fraction of sp³-hybridized carbons (Fsp3) is 0.478. The molecule has 4 aliphatic rings. The largest absolute Gasteiger partial charge is 0.497 e. The summed E-state index contributed by atoms with van der Waals surface area (Å²) in [6.45, 7) is 4.70. The molecule has 2 fully saturated rings. The van der Waals surface area contributed by atoms with Gasteiger partial charge in [-0.05, 0) is 48.8 Å². The van der Waals surface area contributed by atoms with Gasteiger partial charge in [0.2, 0.25) is 0 Å². The van der Waals surface area contributed by atoms with Crippen LogP contribution in [0.3, 0.4) is 0 Å². The molecule has 29 heavy (non-hydrogen) atoms. The Kier molecular flexibility index (Phi) is 4.37. The molecule has 2 aliphatic heterocycles. The highest BCUT2D eigenvalue weighted by atomic mass is 16.5. The van der Waals surface area contributed by atoms with E-state index in [-0.39, 0.29) is 11.9 Å². The standard InChI is InChI=1S/C23H27N3O3/c1-3-9-25-19-13-26(18-11-14-7-8-15(18)10-14)22(27)20(19)21(24-23(25)28)16-5-4-6-17(12-16)29-2/h3-6,12,14-15,18,21H,1,7-11,13H2,2H3,(H,24,28). The van der Waals surface area contributed by atoms with E-state index in [1.54, 1.807) is 18.1 Å². The van der Waals surface area contributed by atoms with Crippen molar-refractivity contribution in [1.29, 1.82) is 0 Å². The van der Waals surface area contributed by atoms with Crippen LogP contribution in [0.5, 0.6) is 5.75 Å². The summed E-state index contributed by atoms with van der Waals surface area (Å²) in [5.74, 6) is 2.15. The van der Waals surface area contributed by atoms with Crippen LogP contribution in [0.15, 0.2) is 48.2 Å². The van der Waals surface area contributed by atoms with Gasteiger partial charge < -0.3 is 15.0 Å². The van der Waals surface area contributed by atoms with Crippen molar-refractivity contribution in [2.24, 2.45) is 11.8 Å². The summed E-state index contributed by atoms with van der Waals surface area (Å²) in [4.78, 5) is 30.2. The Hall–Kier alpha value is -2.76. The van der Waals surface area contributed by atoms with E-state index in [1.165, 1.54) is 19.3 Å². The lowest BCUT2D eigenvalue weighted by atomic mass is 9.93. The minimum Gasteiger partial charge on any atom is -0.497 e. The van der Waals surface area contributed by atoms with Crippen molar-refractivity contribution in [3.63, 3.8) is 0 Å². The van der Waals surface area contributed by atoms with Gasteiger partial charge >= 0.3 is 6.03 Å². The van der Waals surface area contributed by atoms with E-state index in [2.05, 4.69) is 11.9 Å². The van der Waals surface area contributed by atoms with Crippen LogP contribution >= 0.6 is 0 Å². The van der Waals surface area contributed by atoms with Gasteiger partial charge in [-0.25, -0.2) is 4.79 Å². The summed E-state index contributed by atoms with van der Waals surface area (Å²) < 4.78 is 5.36.